The molecule has 0 aromatic heterocycles. The van der Waals surface area contributed by atoms with Crippen LogP contribution in [0, 0.1) is 46.3 Å². The predicted molar refractivity (Wildman–Crippen MR) is 94.4 cm³/mol. The summed E-state index contributed by atoms with van der Waals surface area (Å²) in [6, 6.07) is 0. The van der Waals surface area contributed by atoms with Crippen LogP contribution in [0.4, 0.5) is 0 Å². The number of hydrogen-bond donors (Lipinski definition) is 1. The molecule has 2 nitrogen and oxygen atoms in total. The SMILES string of the molecule is CC[C@]12CCC(=O)CC1CCC1C2CC[C@]23CC(CO)C2CCC13. The fourth-order valence-electron chi connectivity index (χ4n) is 9.18. The van der Waals surface area contributed by atoms with E-state index in [2.05, 4.69) is 6.92 Å². The Hall–Kier alpha value is -0.370. The number of hydrogen-bond acceptors (Lipinski definition) is 2. The molecule has 0 heterocycles. The number of ketones is 1. The molecule has 0 aliphatic heterocycles. The molecule has 1 spiro atoms. The monoisotopic (exact) mass is 330 g/mol. The van der Waals surface area contributed by atoms with Crippen LogP contribution in [0.2, 0.25) is 0 Å². The molecule has 5 fully saturated rings. The molecule has 134 valence electrons. The van der Waals surface area contributed by atoms with Gasteiger partial charge in [-0.15, -0.1) is 0 Å². The van der Waals surface area contributed by atoms with Crippen molar-refractivity contribution in [2.24, 2.45) is 46.3 Å². The first-order chi connectivity index (χ1) is 11.6. The maximum absolute atomic E-state index is 12.1. The lowest BCUT2D eigenvalue weighted by atomic mass is 9.39. The molecule has 6 unspecified atom stereocenters. The van der Waals surface area contributed by atoms with Gasteiger partial charge in [-0.1, -0.05) is 6.92 Å². The Morgan fingerprint density at radius 1 is 1.04 bits per heavy atom. The Morgan fingerprint density at radius 3 is 2.67 bits per heavy atom. The molecule has 0 aromatic carbocycles. The zero-order valence-corrected chi connectivity index (χ0v) is 15.3. The molecule has 0 radical (unpaired) electrons. The van der Waals surface area contributed by atoms with Crippen LogP contribution < -0.4 is 0 Å². The lowest BCUT2D eigenvalue weighted by Crippen LogP contribution is -2.59. The van der Waals surface area contributed by atoms with Gasteiger partial charge >= 0.3 is 0 Å². The van der Waals surface area contributed by atoms with Crippen LogP contribution in [-0.4, -0.2) is 17.5 Å². The number of carbonyl (C=O) groups excluding carboxylic acids is 1. The molecule has 0 saturated heterocycles. The molecular formula is C22H34O2. The van der Waals surface area contributed by atoms with Crippen LogP contribution in [0.1, 0.15) is 77.6 Å². The number of fused-ring (bicyclic) bond motifs is 4. The molecule has 24 heavy (non-hydrogen) atoms. The van der Waals surface area contributed by atoms with Gasteiger partial charge in [0.1, 0.15) is 5.78 Å². The summed E-state index contributed by atoms with van der Waals surface area (Å²) >= 11 is 0. The van der Waals surface area contributed by atoms with Crippen molar-refractivity contribution in [3.05, 3.63) is 0 Å². The van der Waals surface area contributed by atoms with Gasteiger partial charge in [0.25, 0.3) is 0 Å². The average molecular weight is 331 g/mol. The van der Waals surface area contributed by atoms with E-state index in [0.717, 1.165) is 36.5 Å². The smallest absolute Gasteiger partial charge is 0.133 e. The molecule has 1 N–H and O–H groups in total. The van der Waals surface area contributed by atoms with Crippen molar-refractivity contribution >= 4 is 5.78 Å². The predicted octanol–water partition coefficient (Wildman–Crippen LogP) is 4.60. The summed E-state index contributed by atoms with van der Waals surface area (Å²) < 4.78 is 0. The van der Waals surface area contributed by atoms with Gasteiger partial charge < -0.3 is 5.11 Å². The van der Waals surface area contributed by atoms with Crippen LogP contribution in [0.5, 0.6) is 0 Å². The highest BCUT2D eigenvalue weighted by Crippen LogP contribution is 2.74. The van der Waals surface area contributed by atoms with Crippen LogP contribution in [0.3, 0.4) is 0 Å². The number of aliphatic hydroxyl groups excluding tert-OH is 1. The molecule has 0 amide bonds. The second-order valence-corrected chi connectivity index (χ2v) is 10.1. The van der Waals surface area contributed by atoms with Crippen LogP contribution >= 0.6 is 0 Å². The zero-order chi connectivity index (χ0) is 16.5. The second-order valence-electron chi connectivity index (χ2n) is 10.1. The van der Waals surface area contributed by atoms with E-state index in [1.807, 2.05) is 0 Å². The summed E-state index contributed by atoms with van der Waals surface area (Å²) in [5, 5.41) is 9.68. The van der Waals surface area contributed by atoms with Gasteiger partial charge in [0.15, 0.2) is 0 Å². The summed E-state index contributed by atoms with van der Waals surface area (Å²) in [5.41, 5.74) is 1.12. The van der Waals surface area contributed by atoms with Crippen molar-refractivity contribution in [2.45, 2.75) is 77.6 Å². The van der Waals surface area contributed by atoms with E-state index in [0.29, 0.717) is 35.1 Å². The average Bonchev–Trinajstić information content (AvgIpc) is 2.88. The highest BCUT2D eigenvalue weighted by Gasteiger charge is 2.67. The van der Waals surface area contributed by atoms with E-state index in [4.69, 9.17) is 0 Å². The van der Waals surface area contributed by atoms with Crippen molar-refractivity contribution in [3.63, 3.8) is 0 Å². The van der Waals surface area contributed by atoms with E-state index in [1.165, 1.54) is 57.8 Å². The topological polar surface area (TPSA) is 37.3 Å². The highest BCUT2D eigenvalue weighted by atomic mass is 16.3. The lowest BCUT2D eigenvalue weighted by Gasteiger charge is -2.65. The molecule has 0 aromatic rings. The minimum absolute atomic E-state index is 0.427. The van der Waals surface area contributed by atoms with Crippen molar-refractivity contribution in [2.75, 3.05) is 6.61 Å². The van der Waals surface area contributed by atoms with Crippen molar-refractivity contribution in [1.29, 1.82) is 0 Å². The van der Waals surface area contributed by atoms with Crippen LogP contribution in [0.15, 0.2) is 0 Å². The maximum Gasteiger partial charge on any atom is 0.133 e. The van der Waals surface area contributed by atoms with Gasteiger partial charge in [-0.25, -0.2) is 0 Å². The molecule has 8 atom stereocenters. The van der Waals surface area contributed by atoms with Crippen molar-refractivity contribution in [1.82, 2.24) is 0 Å². The quantitative estimate of drug-likeness (QED) is 0.803. The Balaban J connectivity index is 1.44. The highest BCUT2D eigenvalue weighted by molar-refractivity contribution is 5.79. The van der Waals surface area contributed by atoms with Crippen molar-refractivity contribution in [3.8, 4) is 0 Å². The minimum Gasteiger partial charge on any atom is -0.396 e. The molecular weight excluding hydrogens is 296 g/mol. The summed E-state index contributed by atoms with van der Waals surface area (Å²) in [6.07, 6.45) is 14.0. The second kappa shape index (κ2) is 5.32. The van der Waals surface area contributed by atoms with Gasteiger partial charge in [-0.3, -0.25) is 4.79 Å². The third-order valence-electron chi connectivity index (χ3n) is 10.1. The molecule has 5 rings (SSSR count). The van der Waals surface area contributed by atoms with Gasteiger partial charge in [0.05, 0.1) is 0 Å². The van der Waals surface area contributed by atoms with Gasteiger partial charge in [-0.2, -0.15) is 0 Å². The number of aliphatic hydroxyl groups is 1. The largest absolute Gasteiger partial charge is 0.396 e. The van der Waals surface area contributed by atoms with Gasteiger partial charge in [-0.05, 0) is 104 Å². The summed E-state index contributed by atoms with van der Waals surface area (Å²) in [7, 11) is 0. The van der Waals surface area contributed by atoms with E-state index in [1.54, 1.807) is 0 Å². The zero-order valence-electron chi connectivity index (χ0n) is 15.3. The third-order valence-corrected chi connectivity index (χ3v) is 10.1. The molecule has 5 aliphatic carbocycles. The van der Waals surface area contributed by atoms with Gasteiger partial charge in [0.2, 0.25) is 0 Å². The van der Waals surface area contributed by atoms with E-state index in [-0.39, 0.29) is 0 Å². The Morgan fingerprint density at radius 2 is 1.88 bits per heavy atom. The molecule has 5 saturated carbocycles. The molecule has 2 heteroatoms. The third kappa shape index (κ3) is 1.79. The maximum atomic E-state index is 12.1. The van der Waals surface area contributed by atoms with Crippen molar-refractivity contribution < 1.29 is 9.90 Å². The first kappa shape index (κ1) is 15.9. The minimum atomic E-state index is 0.427. The summed E-state index contributed by atoms with van der Waals surface area (Å²) in [4.78, 5) is 12.1. The summed E-state index contributed by atoms with van der Waals surface area (Å²) in [6.45, 7) is 2.84. The first-order valence-corrected chi connectivity index (χ1v) is 10.8. The van der Waals surface area contributed by atoms with Gasteiger partial charge in [0, 0.05) is 19.4 Å². The van der Waals surface area contributed by atoms with Crippen LogP contribution in [0.25, 0.3) is 0 Å². The Bertz CT molecular complexity index is 542. The fourth-order valence-corrected chi connectivity index (χ4v) is 9.18. The molecule has 0 bridgehead atoms. The van der Waals surface area contributed by atoms with Crippen LogP contribution in [-0.2, 0) is 4.79 Å². The van der Waals surface area contributed by atoms with E-state index >= 15 is 0 Å². The van der Waals surface area contributed by atoms with E-state index in [9.17, 15) is 9.90 Å². The Kier molecular flexibility index (Phi) is 3.51. The summed E-state index contributed by atoms with van der Waals surface area (Å²) in [5.74, 6) is 5.49. The molecule has 5 aliphatic rings. The fraction of sp³-hybridized carbons (Fsp3) is 0.955. The Labute approximate surface area is 146 Å². The lowest BCUT2D eigenvalue weighted by molar-refractivity contribution is -0.173. The standard InChI is InChI=1S/C22H34O2/c1-2-21-9-7-16(24)11-15(21)3-4-17-19-6-5-18-14(13-23)12-22(18,19)10-8-20(17)21/h14-15,17-20,23H,2-13H2,1H3/t14?,15?,17?,18?,19?,20?,21-,22-/m0/s1. The van der Waals surface area contributed by atoms with E-state index < -0.39 is 0 Å². The number of rotatable bonds is 2. The number of Topliss-reactive ketones (excluding diaryl/α,β-unsaturated/α-hetero) is 1. The number of carbonyl (C=O) groups is 1. The first-order valence-electron chi connectivity index (χ1n) is 10.8. The normalized spacial score (nSPS) is 55.8.